The summed E-state index contributed by atoms with van der Waals surface area (Å²) in [7, 11) is 3.39. The summed E-state index contributed by atoms with van der Waals surface area (Å²) in [5, 5.41) is 9.16. The lowest BCUT2D eigenvalue weighted by molar-refractivity contribution is 0.0696. The highest BCUT2D eigenvalue weighted by molar-refractivity contribution is 5.95. The Balaban J connectivity index is 2.45. The van der Waals surface area contributed by atoms with Crippen LogP contribution in [0, 0.1) is 0 Å². The first kappa shape index (κ1) is 16.5. The van der Waals surface area contributed by atoms with E-state index in [1.165, 1.54) is 11.0 Å². The Bertz CT molecular complexity index is 720. The molecule has 5 nitrogen and oxygen atoms in total. The Morgan fingerprint density at radius 2 is 1.65 bits per heavy atom. The van der Waals surface area contributed by atoms with Gasteiger partial charge >= 0.3 is 5.97 Å². The Labute approximate surface area is 135 Å². The summed E-state index contributed by atoms with van der Waals surface area (Å²) >= 11 is 0. The second kappa shape index (κ2) is 6.96. The summed E-state index contributed by atoms with van der Waals surface area (Å²) in [5.74, 6) is -0.459. The molecule has 0 heterocycles. The minimum absolute atomic E-state index is 0.0825. The number of carboxylic acids is 1. The Hall–Kier alpha value is -2.82. The highest BCUT2D eigenvalue weighted by Crippen LogP contribution is 2.31. The van der Waals surface area contributed by atoms with Gasteiger partial charge in [-0.3, -0.25) is 4.79 Å². The summed E-state index contributed by atoms with van der Waals surface area (Å²) in [5.41, 5.74) is 2.26. The second-order valence-corrected chi connectivity index (χ2v) is 5.23. The van der Waals surface area contributed by atoms with Crippen LogP contribution < -0.4 is 4.74 Å². The van der Waals surface area contributed by atoms with Crippen LogP contribution in [-0.2, 0) is 0 Å². The van der Waals surface area contributed by atoms with Crippen LogP contribution >= 0.6 is 0 Å². The van der Waals surface area contributed by atoms with Crippen LogP contribution in [0.2, 0.25) is 0 Å². The highest BCUT2D eigenvalue weighted by atomic mass is 16.5. The number of aromatic carboxylic acids is 1. The zero-order chi connectivity index (χ0) is 17.0. The van der Waals surface area contributed by atoms with Gasteiger partial charge < -0.3 is 14.7 Å². The molecule has 1 amide bonds. The van der Waals surface area contributed by atoms with Crippen molar-refractivity contribution in [2.24, 2.45) is 0 Å². The van der Waals surface area contributed by atoms with E-state index in [2.05, 4.69) is 0 Å². The molecule has 0 aliphatic heterocycles. The van der Waals surface area contributed by atoms with Crippen molar-refractivity contribution < 1.29 is 19.4 Å². The van der Waals surface area contributed by atoms with Gasteiger partial charge in [-0.2, -0.15) is 0 Å². The molecule has 2 aromatic rings. The number of hydrogen-bond donors (Lipinski definition) is 1. The van der Waals surface area contributed by atoms with Crippen molar-refractivity contribution in [3.05, 3.63) is 53.6 Å². The Morgan fingerprint density at radius 3 is 2.17 bits per heavy atom. The average Bonchev–Trinajstić information content (AvgIpc) is 2.54. The standard InChI is InChI=1S/C18H19NO4/c1-4-23-16-10-9-14(18(21)22)11-15(16)12-5-7-13(8-6-12)17(20)19(2)3/h5-11H,4H2,1-3H3,(H,21,22). The average molecular weight is 313 g/mol. The summed E-state index contributed by atoms with van der Waals surface area (Å²) in [6.45, 7) is 2.35. The molecule has 0 saturated heterocycles. The Morgan fingerprint density at radius 1 is 1.04 bits per heavy atom. The molecule has 23 heavy (non-hydrogen) atoms. The third kappa shape index (κ3) is 3.69. The molecule has 0 unspecified atom stereocenters. The first-order chi connectivity index (χ1) is 10.9. The number of amides is 1. The van der Waals surface area contributed by atoms with Crippen LogP contribution in [0.4, 0.5) is 0 Å². The maximum absolute atomic E-state index is 11.9. The molecule has 0 fully saturated rings. The van der Waals surface area contributed by atoms with E-state index in [0.717, 1.165) is 5.56 Å². The molecule has 2 rings (SSSR count). The number of hydrogen-bond acceptors (Lipinski definition) is 3. The number of carboxylic acid groups (broad SMARTS) is 1. The maximum atomic E-state index is 11.9. The topological polar surface area (TPSA) is 66.8 Å². The molecular formula is C18H19NO4. The molecule has 0 radical (unpaired) electrons. The lowest BCUT2D eigenvalue weighted by atomic mass is 10.0. The molecule has 1 N–H and O–H groups in total. The minimum atomic E-state index is -0.992. The van der Waals surface area contributed by atoms with E-state index >= 15 is 0 Å². The number of carbonyl (C=O) groups excluding carboxylic acids is 1. The van der Waals surface area contributed by atoms with Gasteiger partial charge in [0.25, 0.3) is 5.91 Å². The second-order valence-electron chi connectivity index (χ2n) is 5.23. The molecule has 120 valence electrons. The number of benzene rings is 2. The van der Waals surface area contributed by atoms with Gasteiger partial charge in [0.15, 0.2) is 0 Å². The minimum Gasteiger partial charge on any atom is -0.493 e. The van der Waals surface area contributed by atoms with Gasteiger partial charge in [0.05, 0.1) is 12.2 Å². The maximum Gasteiger partial charge on any atom is 0.335 e. The normalized spacial score (nSPS) is 10.2. The Kier molecular flexibility index (Phi) is 5.01. The molecule has 0 aliphatic rings. The van der Waals surface area contributed by atoms with E-state index in [-0.39, 0.29) is 11.5 Å². The molecule has 0 bridgehead atoms. The number of ether oxygens (including phenoxy) is 1. The fourth-order valence-electron chi connectivity index (χ4n) is 2.22. The molecule has 0 saturated carbocycles. The lowest BCUT2D eigenvalue weighted by Gasteiger charge is -2.13. The van der Waals surface area contributed by atoms with Gasteiger partial charge in [-0.1, -0.05) is 12.1 Å². The van der Waals surface area contributed by atoms with Gasteiger partial charge in [0.2, 0.25) is 0 Å². The predicted octanol–water partition coefficient (Wildman–Crippen LogP) is 3.15. The molecule has 0 atom stereocenters. The zero-order valence-corrected chi connectivity index (χ0v) is 13.4. The fraction of sp³-hybridized carbons (Fsp3) is 0.222. The monoisotopic (exact) mass is 313 g/mol. The lowest BCUT2D eigenvalue weighted by Crippen LogP contribution is -2.21. The third-order valence-corrected chi connectivity index (χ3v) is 3.38. The molecule has 0 aliphatic carbocycles. The van der Waals surface area contributed by atoms with Gasteiger partial charge in [0, 0.05) is 25.2 Å². The number of carbonyl (C=O) groups is 2. The molecule has 5 heteroatoms. The molecule has 0 aromatic heterocycles. The summed E-state index contributed by atoms with van der Waals surface area (Å²) in [4.78, 5) is 24.6. The van der Waals surface area contributed by atoms with Crippen LogP contribution in [0.3, 0.4) is 0 Å². The first-order valence-corrected chi connectivity index (χ1v) is 7.26. The van der Waals surface area contributed by atoms with Crippen LogP contribution in [0.5, 0.6) is 5.75 Å². The van der Waals surface area contributed by atoms with Crippen LogP contribution in [0.15, 0.2) is 42.5 Å². The molecular weight excluding hydrogens is 294 g/mol. The fourth-order valence-corrected chi connectivity index (χ4v) is 2.22. The SMILES string of the molecule is CCOc1ccc(C(=O)O)cc1-c1ccc(C(=O)N(C)C)cc1. The van der Waals surface area contributed by atoms with Gasteiger partial charge in [-0.25, -0.2) is 4.79 Å². The van der Waals surface area contributed by atoms with E-state index in [0.29, 0.717) is 23.5 Å². The highest BCUT2D eigenvalue weighted by Gasteiger charge is 2.13. The summed E-state index contributed by atoms with van der Waals surface area (Å²) < 4.78 is 5.57. The van der Waals surface area contributed by atoms with Crippen molar-refractivity contribution in [1.82, 2.24) is 4.90 Å². The van der Waals surface area contributed by atoms with Crippen LogP contribution in [0.25, 0.3) is 11.1 Å². The van der Waals surface area contributed by atoms with Crippen molar-refractivity contribution in [1.29, 1.82) is 0 Å². The largest absolute Gasteiger partial charge is 0.493 e. The molecule has 2 aromatic carbocycles. The van der Waals surface area contributed by atoms with Crippen LogP contribution in [-0.4, -0.2) is 42.6 Å². The quantitative estimate of drug-likeness (QED) is 0.921. The van der Waals surface area contributed by atoms with E-state index < -0.39 is 5.97 Å². The van der Waals surface area contributed by atoms with Gasteiger partial charge in [-0.05, 0) is 42.8 Å². The number of nitrogens with zero attached hydrogens (tertiary/aromatic N) is 1. The molecule has 0 spiro atoms. The predicted molar refractivity (Wildman–Crippen MR) is 88.0 cm³/mol. The van der Waals surface area contributed by atoms with E-state index in [9.17, 15) is 9.59 Å². The summed E-state index contributed by atoms with van der Waals surface area (Å²) in [6.07, 6.45) is 0. The summed E-state index contributed by atoms with van der Waals surface area (Å²) in [6, 6.07) is 11.8. The van der Waals surface area contributed by atoms with Crippen LogP contribution in [0.1, 0.15) is 27.6 Å². The van der Waals surface area contributed by atoms with Crippen molar-refractivity contribution in [2.45, 2.75) is 6.92 Å². The van der Waals surface area contributed by atoms with Crippen molar-refractivity contribution in [3.63, 3.8) is 0 Å². The van der Waals surface area contributed by atoms with E-state index in [1.807, 2.05) is 6.92 Å². The zero-order valence-electron chi connectivity index (χ0n) is 13.4. The van der Waals surface area contributed by atoms with E-state index in [4.69, 9.17) is 9.84 Å². The smallest absolute Gasteiger partial charge is 0.335 e. The third-order valence-electron chi connectivity index (χ3n) is 3.38. The van der Waals surface area contributed by atoms with Crippen molar-refractivity contribution in [3.8, 4) is 16.9 Å². The first-order valence-electron chi connectivity index (χ1n) is 7.26. The van der Waals surface area contributed by atoms with E-state index in [1.54, 1.807) is 50.5 Å². The van der Waals surface area contributed by atoms with Crippen molar-refractivity contribution >= 4 is 11.9 Å². The number of rotatable bonds is 5. The van der Waals surface area contributed by atoms with Gasteiger partial charge in [-0.15, -0.1) is 0 Å². The van der Waals surface area contributed by atoms with Gasteiger partial charge in [0.1, 0.15) is 5.75 Å². The van der Waals surface area contributed by atoms with Crippen molar-refractivity contribution in [2.75, 3.05) is 20.7 Å².